The quantitative estimate of drug-likeness (QED) is 0.877. The van der Waals surface area contributed by atoms with E-state index in [-0.39, 0.29) is 11.9 Å². The Morgan fingerprint density at radius 2 is 1.92 bits per heavy atom. The topological polar surface area (TPSA) is 85.4 Å². The number of benzene rings is 1. The molecule has 0 saturated heterocycles. The van der Waals surface area contributed by atoms with Gasteiger partial charge in [-0.05, 0) is 25.5 Å². The van der Waals surface area contributed by atoms with Crippen LogP contribution in [0.5, 0.6) is 11.5 Å². The maximum absolute atomic E-state index is 12.0. The van der Waals surface area contributed by atoms with Gasteiger partial charge in [-0.15, -0.1) is 0 Å². The minimum absolute atomic E-state index is 0.119. The van der Waals surface area contributed by atoms with E-state index in [1.54, 1.807) is 0 Å². The molecule has 1 aromatic carbocycles. The molecule has 1 unspecified atom stereocenters. The molecule has 0 aliphatic carbocycles. The van der Waals surface area contributed by atoms with Gasteiger partial charge in [0.25, 0.3) is 5.91 Å². The Bertz CT molecular complexity index is 718. The lowest BCUT2D eigenvalue weighted by Gasteiger charge is -2.19. The van der Waals surface area contributed by atoms with Gasteiger partial charge in [0, 0.05) is 30.2 Å². The number of anilines is 2. The van der Waals surface area contributed by atoms with Gasteiger partial charge in [0.15, 0.2) is 11.5 Å². The molecule has 7 nitrogen and oxygen atoms in total. The van der Waals surface area contributed by atoms with Crippen LogP contribution in [0.15, 0.2) is 30.6 Å². The molecular weight excluding hydrogens is 308 g/mol. The SMILES string of the molecule is CCC(C)NC(=O)c1cnc(Nc2ccc3c(c2)OCCO3)nc1. The van der Waals surface area contributed by atoms with Crippen molar-refractivity contribution in [1.29, 1.82) is 0 Å². The second kappa shape index (κ2) is 7.16. The Kier molecular flexibility index (Phi) is 4.79. The van der Waals surface area contributed by atoms with Gasteiger partial charge in [-0.25, -0.2) is 9.97 Å². The highest BCUT2D eigenvalue weighted by atomic mass is 16.6. The third-order valence-electron chi connectivity index (χ3n) is 3.70. The van der Waals surface area contributed by atoms with Crippen LogP contribution >= 0.6 is 0 Å². The fourth-order valence-corrected chi connectivity index (χ4v) is 2.17. The molecule has 1 aromatic heterocycles. The fourth-order valence-electron chi connectivity index (χ4n) is 2.17. The number of aromatic nitrogens is 2. The van der Waals surface area contributed by atoms with Crippen molar-refractivity contribution in [2.24, 2.45) is 0 Å². The standard InChI is InChI=1S/C17H20N4O3/c1-3-11(2)20-16(22)12-9-18-17(19-10-12)21-13-4-5-14-15(8-13)24-7-6-23-14/h4-5,8-11H,3,6-7H2,1-2H3,(H,20,22)(H,18,19,21). The molecule has 1 aliphatic rings. The molecule has 0 radical (unpaired) electrons. The first-order valence-corrected chi connectivity index (χ1v) is 7.95. The van der Waals surface area contributed by atoms with E-state index < -0.39 is 0 Å². The van der Waals surface area contributed by atoms with Crippen molar-refractivity contribution in [1.82, 2.24) is 15.3 Å². The molecule has 0 bridgehead atoms. The first-order valence-electron chi connectivity index (χ1n) is 7.95. The molecule has 2 aromatic rings. The number of amides is 1. The lowest BCUT2D eigenvalue weighted by molar-refractivity contribution is 0.0938. The van der Waals surface area contributed by atoms with E-state index in [1.807, 2.05) is 32.0 Å². The molecule has 24 heavy (non-hydrogen) atoms. The highest BCUT2D eigenvalue weighted by molar-refractivity contribution is 5.93. The molecule has 0 spiro atoms. The summed E-state index contributed by atoms with van der Waals surface area (Å²) in [6.45, 7) is 5.06. The fraction of sp³-hybridized carbons (Fsp3) is 0.353. The summed E-state index contributed by atoms with van der Waals surface area (Å²) in [6.07, 6.45) is 3.88. The zero-order valence-corrected chi connectivity index (χ0v) is 13.7. The molecule has 2 N–H and O–H groups in total. The van der Waals surface area contributed by atoms with Crippen LogP contribution in [-0.2, 0) is 0 Å². The number of fused-ring (bicyclic) bond motifs is 1. The second-order valence-corrected chi connectivity index (χ2v) is 5.56. The summed E-state index contributed by atoms with van der Waals surface area (Å²) in [5, 5.41) is 5.96. The van der Waals surface area contributed by atoms with Crippen LogP contribution in [0.1, 0.15) is 30.6 Å². The molecule has 126 valence electrons. The van der Waals surface area contributed by atoms with Gasteiger partial charge < -0.3 is 20.1 Å². The largest absolute Gasteiger partial charge is 0.486 e. The van der Waals surface area contributed by atoms with Crippen molar-refractivity contribution in [3.05, 3.63) is 36.2 Å². The van der Waals surface area contributed by atoms with Crippen LogP contribution in [0.25, 0.3) is 0 Å². The van der Waals surface area contributed by atoms with Gasteiger partial charge in [0.2, 0.25) is 5.95 Å². The van der Waals surface area contributed by atoms with E-state index in [4.69, 9.17) is 9.47 Å². The predicted octanol–water partition coefficient (Wildman–Crippen LogP) is 2.52. The summed E-state index contributed by atoms with van der Waals surface area (Å²) < 4.78 is 11.0. The lowest BCUT2D eigenvalue weighted by atomic mass is 10.2. The van der Waals surface area contributed by atoms with Crippen LogP contribution in [-0.4, -0.2) is 35.1 Å². The number of ether oxygens (including phenoxy) is 2. The average molecular weight is 328 g/mol. The van der Waals surface area contributed by atoms with Crippen LogP contribution in [0, 0.1) is 0 Å². The summed E-state index contributed by atoms with van der Waals surface area (Å²) >= 11 is 0. The summed E-state index contributed by atoms with van der Waals surface area (Å²) in [5.41, 5.74) is 1.22. The van der Waals surface area contributed by atoms with Gasteiger partial charge in [0.1, 0.15) is 13.2 Å². The van der Waals surface area contributed by atoms with E-state index in [0.717, 1.165) is 17.9 Å². The average Bonchev–Trinajstić information content (AvgIpc) is 2.62. The maximum atomic E-state index is 12.0. The third kappa shape index (κ3) is 3.73. The molecule has 1 atom stereocenters. The van der Waals surface area contributed by atoms with Crippen molar-refractivity contribution in [3.63, 3.8) is 0 Å². The first-order chi connectivity index (χ1) is 11.7. The van der Waals surface area contributed by atoms with Crippen molar-refractivity contribution >= 4 is 17.5 Å². The van der Waals surface area contributed by atoms with Gasteiger partial charge in [-0.3, -0.25) is 4.79 Å². The Labute approximate surface area is 140 Å². The number of hydrogen-bond acceptors (Lipinski definition) is 6. The maximum Gasteiger partial charge on any atom is 0.254 e. The summed E-state index contributed by atoms with van der Waals surface area (Å²) in [7, 11) is 0. The number of carbonyl (C=O) groups is 1. The van der Waals surface area contributed by atoms with Crippen molar-refractivity contribution in [3.8, 4) is 11.5 Å². The van der Waals surface area contributed by atoms with Gasteiger partial charge in [-0.2, -0.15) is 0 Å². The smallest absolute Gasteiger partial charge is 0.254 e. The van der Waals surface area contributed by atoms with Gasteiger partial charge in [0.05, 0.1) is 5.56 Å². The van der Waals surface area contributed by atoms with Crippen LogP contribution in [0.4, 0.5) is 11.6 Å². The van der Waals surface area contributed by atoms with Crippen LogP contribution in [0.2, 0.25) is 0 Å². The molecular formula is C17H20N4O3. The van der Waals surface area contributed by atoms with Gasteiger partial charge >= 0.3 is 0 Å². The Balaban J connectivity index is 1.67. The summed E-state index contributed by atoms with van der Waals surface area (Å²) in [4.78, 5) is 20.4. The minimum Gasteiger partial charge on any atom is -0.486 e. The summed E-state index contributed by atoms with van der Waals surface area (Å²) in [5.74, 6) is 1.66. The minimum atomic E-state index is -0.171. The molecule has 1 amide bonds. The monoisotopic (exact) mass is 328 g/mol. The van der Waals surface area contributed by atoms with E-state index >= 15 is 0 Å². The first kappa shape index (κ1) is 16.0. The van der Waals surface area contributed by atoms with Crippen LogP contribution < -0.4 is 20.1 Å². The highest BCUT2D eigenvalue weighted by Gasteiger charge is 2.13. The predicted molar refractivity (Wildman–Crippen MR) is 90.0 cm³/mol. The summed E-state index contributed by atoms with van der Waals surface area (Å²) in [6, 6.07) is 5.65. The molecule has 7 heteroatoms. The molecule has 1 aliphatic heterocycles. The zero-order valence-electron chi connectivity index (χ0n) is 13.7. The number of carbonyl (C=O) groups excluding carboxylic acids is 1. The van der Waals surface area contributed by atoms with Crippen molar-refractivity contribution in [2.75, 3.05) is 18.5 Å². The van der Waals surface area contributed by atoms with E-state index in [9.17, 15) is 4.79 Å². The van der Waals surface area contributed by atoms with E-state index in [1.165, 1.54) is 12.4 Å². The third-order valence-corrected chi connectivity index (χ3v) is 3.70. The molecule has 2 heterocycles. The normalized spacial score (nSPS) is 13.9. The van der Waals surface area contributed by atoms with Crippen molar-refractivity contribution < 1.29 is 14.3 Å². The molecule has 0 fully saturated rings. The number of nitrogens with zero attached hydrogens (tertiary/aromatic N) is 2. The van der Waals surface area contributed by atoms with Crippen LogP contribution in [0.3, 0.4) is 0 Å². The zero-order chi connectivity index (χ0) is 16.9. The van der Waals surface area contributed by atoms with Gasteiger partial charge in [-0.1, -0.05) is 6.92 Å². The Hall–Kier alpha value is -2.83. The molecule has 0 saturated carbocycles. The Morgan fingerprint density at radius 3 is 2.62 bits per heavy atom. The number of rotatable bonds is 5. The molecule has 3 rings (SSSR count). The lowest BCUT2D eigenvalue weighted by Crippen LogP contribution is -2.32. The second-order valence-electron chi connectivity index (χ2n) is 5.56. The highest BCUT2D eigenvalue weighted by Crippen LogP contribution is 2.33. The van der Waals surface area contributed by atoms with Crippen molar-refractivity contribution in [2.45, 2.75) is 26.3 Å². The van der Waals surface area contributed by atoms with E-state index in [2.05, 4.69) is 20.6 Å². The Morgan fingerprint density at radius 1 is 1.21 bits per heavy atom. The van der Waals surface area contributed by atoms with E-state index in [0.29, 0.717) is 30.5 Å². The number of hydrogen-bond donors (Lipinski definition) is 2. The number of nitrogens with one attached hydrogen (secondary N) is 2.